The monoisotopic (exact) mass is 305 g/mol. The zero-order valence-electron chi connectivity index (χ0n) is 11.2. The number of rotatable bonds is 3. The van der Waals surface area contributed by atoms with Crippen molar-refractivity contribution in [2.45, 2.75) is 12.6 Å². The Labute approximate surface area is 123 Å². The van der Waals surface area contributed by atoms with Crippen LogP contribution in [-0.2, 0) is 12.6 Å². The number of fused-ring (bicyclic) bond motifs is 1. The molecule has 4 nitrogen and oxygen atoms in total. The van der Waals surface area contributed by atoms with Gasteiger partial charge in [-0.05, 0) is 23.8 Å². The number of halogens is 3. The molecule has 0 saturated carbocycles. The molecular weight excluding hydrogens is 295 g/mol. The molecule has 2 heterocycles. The van der Waals surface area contributed by atoms with Gasteiger partial charge in [-0.15, -0.1) is 10.2 Å². The number of pyridine rings is 1. The fraction of sp³-hybridized carbons (Fsp3) is 0.133. The van der Waals surface area contributed by atoms with Crippen molar-refractivity contribution in [3.63, 3.8) is 0 Å². The number of carbonyl (C=O) groups is 1. The summed E-state index contributed by atoms with van der Waals surface area (Å²) in [5.41, 5.74) is 0.565. The van der Waals surface area contributed by atoms with Crippen molar-refractivity contribution in [3.05, 3.63) is 65.1 Å². The van der Waals surface area contributed by atoms with Crippen molar-refractivity contribution >= 4 is 11.9 Å². The SMILES string of the molecule is O=Cc1cccc2nnc(Cc3cccc(C(F)(F)F)c3)n12. The van der Waals surface area contributed by atoms with Crippen molar-refractivity contribution in [1.82, 2.24) is 14.6 Å². The van der Waals surface area contributed by atoms with Crippen LogP contribution in [0.4, 0.5) is 13.2 Å². The Morgan fingerprint density at radius 3 is 2.59 bits per heavy atom. The van der Waals surface area contributed by atoms with E-state index in [2.05, 4.69) is 10.2 Å². The fourth-order valence-corrected chi connectivity index (χ4v) is 2.27. The van der Waals surface area contributed by atoms with Crippen LogP contribution in [-0.4, -0.2) is 20.9 Å². The first-order chi connectivity index (χ1) is 10.5. The van der Waals surface area contributed by atoms with Crippen molar-refractivity contribution < 1.29 is 18.0 Å². The fourth-order valence-electron chi connectivity index (χ4n) is 2.27. The first-order valence-electron chi connectivity index (χ1n) is 6.43. The molecule has 0 atom stereocenters. The molecule has 1 aromatic carbocycles. The smallest absolute Gasteiger partial charge is 0.296 e. The maximum absolute atomic E-state index is 12.7. The highest BCUT2D eigenvalue weighted by Gasteiger charge is 2.30. The number of nitrogens with zero attached hydrogens (tertiary/aromatic N) is 3. The lowest BCUT2D eigenvalue weighted by Gasteiger charge is -2.08. The molecule has 2 aromatic heterocycles. The Kier molecular flexibility index (Phi) is 3.40. The molecule has 0 aliphatic carbocycles. The van der Waals surface area contributed by atoms with E-state index in [9.17, 15) is 18.0 Å². The van der Waals surface area contributed by atoms with E-state index in [1.807, 2.05) is 0 Å². The lowest BCUT2D eigenvalue weighted by molar-refractivity contribution is -0.137. The summed E-state index contributed by atoms with van der Waals surface area (Å²) in [6, 6.07) is 9.96. The van der Waals surface area contributed by atoms with Crippen LogP contribution in [0.25, 0.3) is 5.65 Å². The third-order valence-corrected chi connectivity index (χ3v) is 3.26. The second-order valence-electron chi connectivity index (χ2n) is 4.75. The number of hydrogen-bond donors (Lipinski definition) is 0. The second kappa shape index (κ2) is 5.25. The number of hydrogen-bond acceptors (Lipinski definition) is 3. The van der Waals surface area contributed by atoms with Gasteiger partial charge in [0.05, 0.1) is 11.3 Å². The molecule has 0 fully saturated rings. The molecule has 7 heteroatoms. The molecule has 0 radical (unpaired) electrons. The Bertz CT molecular complexity index is 839. The van der Waals surface area contributed by atoms with Crippen LogP contribution in [0.3, 0.4) is 0 Å². The van der Waals surface area contributed by atoms with E-state index in [0.29, 0.717) is 29.0 Å². The van der Waals surface area contributed by atoms with Gasteiger partial charge in [-0.3, -0.25) is 9.20 Å². The van der Waals surface area contributed by atoms with Gasteiger partial charge in [-0.2, -0.15) is 13.2 Å². The van der Waals surface area contributed by atoms with Gasteiger partial charge in [0.1, 0.15) is 5.82 Å². The lowest BCUT2D eigenvalue weighted by Crippen LogP contribution is -2.06. The molecule has 3 rings (SSSR count). The van der Waals surface area contributed by atoms with Crippen LogP contribution in [0.15, 0.2) is 42.5 Å². The van der Waals surface area contributed by atoms with Crippen LogP contribution in [0.1, 0.15) is 27.4 Å². The van der Waals surface area contributed by atoms with Crippen LogP contribution in [0.5, 0.6) is 0 Å². The first-order valence-corrected chi connectivity index (χ1v) is 6.43. The summed E-state index contributed by atoms with van der Waals surface area (Å²) in [6.45, 7) is 0. The predicted octanol–water partition coefficient (Wildman–Crippen LogP) is 3.15. The minimum atomic E-state index is -4.39. The van der Waals surface area contributed by atoms with E-state index in [0.717, 1.165) is 12.1 Å². The molecule has 112 valence electrons. The number of alkyl halides is 3. The first kappa shape index (κ1) is 14.2. The van der Waals surface area contributed by atoms with Gasteiger partial charge >= 0.3 is 6.18 Å². The van der Waals surface area contributed by atoms with Crippen LogP contribution >= 0.6 is 0 Å². The summed E-state index contributed by atoms with van der Waals surface area (Å²) >= 11 is 0. The number of aldehydes is 1. The summed E-state index contributed by atoms with van der Waals surface area (Å²) in [5, 5.41) is 7.89. The van der Waals surface area contributed by atoms with E-state index < -0.39 is 11.7 Å². The standard InChI is InChI=1S/C15H10F3N3O/c16-15(17,18)11-4-1-3-10(7-11)8-14-20-19-13-6-2-5-12(9-22)21(13)14/h1-7,9H,8H2. The summed E-state index contributed by atoms with van der Waals surface area (Å²) in [4.78, 5) is 11.1. The molecule has 3 aromatic rings. The Morgan fingerprint density at radius 2 is 1.86 bits per heavy atom. The minimum Gasteiger partial charge on any atom is -0.296 e. The van der Waals surface area contributed by atoms with Gasteiger partial charge in [-0.25, -0.2) is 0 Å². The Morgan fingerprint density at radius 1 is 1.09 bits per heavy atom. The minimum absolute atomic E-state index is 0.149. The van der Waals surface area contributed by atoms with Gasteiger partial charge in [0.2, 0.25) is 0 Å². The zero-order valence-corrected chi connectivity index (χ0v) is 11.2. The quantitative estimate of drug-likeness (QED) is 0.698. The third-order valence-electron chi connectivity index (χ3n) is 3.26. The number of carbonyl (C=O) groups excluding carboxylic acids is 1. The number of aromatic nitrogens is 3. The van der Waals surface area contributed by atoms with E-state index in [1.54, 1.807) is 24.3 Å². The van der Waals surface area contributed by atoms with Crippen LogP contribution in [0.2, 0.25) is 0 Å². The molecule has 0 spiro atoms. The molecule has 0 aliphatic rings. The Balaban J connectivity index is 2.02. The summed E-state index contributed by atoms with van der Waals surface area (Å²) in [6.07, 6.45) is -3.58. The molecular formula is C15H10F3N3O. The van der Waals surface area contributed by atoms with Crippen molar-refractivity contribution in [2.24, 2.45) is 0 Å². The highest BCUT2D eigenvalue weighted by molar-refractivity contribution is 5.74. The van der Waals surface area contributed by atoms with Crippen molar-refractivity contribution in [2.75, 3.05) is 0 Å². The molecule has 0 unspecified atom stereocenters. The van der Waals surface area contributed by atoms with E-state index in [-0.39, 0.29) is 6.42 Å². The normalized spacial score (nSPS) is 11.8. The van der Waals surface area contributed by atoms with Gasteiger partial charge in [-0.1, -0.05) is 24.3 Å². The van der Waals surface area contributed by atoms with Gasteiger partial charge in [0.25, 0.3) is 0 Å². The lowest BCUT2D eigenvalue weighted by atomic mass is 10.1. The molecule has 22 heavy (non-hydrogen) atoms. The summed E-state index contributed by atoms with van der Waals surface area (Å²) in [7, 11) is 0. The second-order valence-corrected chi connectivity index (χ2v) is 4.75. The molecule has 0 saturated heterocycles. The molecule has 0 N–H and O–H groups in total. The predicted molar refractivity (Wildman–Crippen MR) is 72.6 cm³/mol. The van der Waals surface area contributed by atoms with Gasteiger partial charge in [0, 0.05) is 6.42 Å². The number of benzene rings is 1. The molecule has 0 amide bonds. The largest absolute Gasteiger partial charge is 0.416 e. The van der Waals surface area contributed by atoms with Gasteiger partial charge in [0.15, 0.2) is 11.9 Å². The van der Waals surface area contributed by atoms with E-state index >= 15 is 0 Å². The zero-order chi connectivity index (χ0) is 15.7. The van der Waals surface area contributed by atoms with Gasteiger partial charge < -0.3 is 0 Å². The Hall–Kier alpha value is -2.70. The summed E-state index contributed by atoms with van der Waals surface area (Å²) in [5.74, 6) is 0.414. The summed E-state index contributed by atoms with van der Waals surface area (Å²) < 4.78 is 39.8. The molecule has 0 bridgehead atoms. The van der Waals surface area contributed by atoms with Crippen molar-refractivity contribution in [1.29, 1.82) is 0 Å². The topological polar surface area (TPSA) is 47.3 Å². The molecule has 0 aliphatic heterocycles. The third kappa shape index (κ3) is 2.57. The van der Waals surface area contributed by atoms with E-state index in [4.69, 9.17) is 0 Å². The average molecular weight is 305 g/mol. The van der Waals surface area contributed by atoms with E-state index in [1.165, 1.54) is 10.5 Å². The van der Waals surface area contributed by atoms with Crippen LogP contribution < -0.4 is 0 Å². The average Bonchev–Trinajstić information content (AvgIpc) is 2.90. The van der Waals surface area contributed by atoms with Crippen LogP contribution in [0, 0.1) is 0 Å². The maximum Gasteiger partial charge on any atom is 0.416 e. The maximum atomic E-state index is 12.7. The highest BCUT2D eigenvalue weighted by Crippen LogP contribution is 2.29. The highest BCUT2D eigenvalue weighted by atomic mass is 19.4. The van der Waals surface area contributed by atoms with Crippen molar-refractivity contribution in [3.8, 4) is 0 Å².